The van der Waals surface area contributed by atoms with Crippen molar-refractivity contribution in [3.05, 3.63) is 36.4 Å². The molecule has 9 heteroatoms. The Labute approximate surface area is 164 Å². The Morgan fingerprint density at radius 3 is 2.50 bits per heavy atom. The van der Waals surface area contributed by atoms with Crippen LogP contribution in [0.1, 0.15) is 20.8 Å². The summed E-state index contributed by atoms with van der Waals surface area (Å²) in [7, 11) is 1.58. The maximum atomic E-state index is 14.3. The molecule has 3 aromatic rings. The lowest BCUT2D eigenvalue weighted by molar-refractivity contribution is -0.0516. The van der Waals surface area contributed by atoms with E-state index >= 15 is 0 Å². The van der Waals surface area contributed by atoms with Crippen LogP contribution in [0.5, 0.6) is 11.5 Å². The maximum absolute atomic E-state index is 14.3. The Morgan fingerprint density at radius 1 is 1.21 bits per heavy atom. The fourth-order valence-corrected chi connectivity index (χ4v) is 3.80. The molecule has 5 nitrogen and oxygen atoms in total. The van der Waals surface area contributed by atoms with Crippen molar-refractivity contribution in [3.63, 3.8) is 0 Å². The van der Waals surface area contributed by atoms with Gasteiger partial charge in [-0.25, -0.2) is 9.37 Å². The lowest BCUT2D eigenvalue weighted by Gasteiger charge is -2.20. The summed E-state index contributed by atoms with van der Waals surface area (Å²) in [5.74, 6) is -0.961. The third kappa shape index (κ3) is 4.14. The number of imidazole rings is 1. The summed E-state index contributed by atoms with van der Waals surface area (Å²) in [4.78, 5) is 5.21. The Bertz CT molecular complexity index is 993. The first-order valence-electron chi connectivity index (χ1n) is 8.37. The quantitative estimate of drug-likeness (QED) is 0.461. The zero-order valence-electron chi connectivity index (χ0n) is 15.8. The molecule has 0 saturated heterocycles. The molecule has 3 rings (SSSR count). The normalized spacial score (nSPS) is 12.0. The van der Waals surface area contributed by atoms with E-state index in [0.717, 1.165) is 11.0 Å². The summed E-state index contributed by atoms with van der Waals surface area (Å²) in [5.41, 5.74) is 7.05. The molecule has 150 valence electrons. The van der Waals surface area contributed by atoms with Crippen LogP contribution in [-0.4, -0.2) is 27.9 Å². The van der Waals surface area contributed by atoms with Crippen LogP contribution in [0.4, 0.5) is 18.9 Å². The molecule has 1 aromatic carbocycles. The van der Waals surface area contributed by atoms with Crippen LogP contribution >= 0.6 is 11.8 Å². The average molecular weight is 411 g/mol. The third-order valence-electron chi connectivity index (χ3n) is 3.79. The van der Waals surface area contributed by atoms with Crippen molar-refractivity contribution < 1.29 is 22.6 Å². The molecule has 0 aliphatic heterocycles. The van der Waals surface area contributed by atoms with Crippen LogP contribution in [0.15, 0.2) is 35.5 Å². The van der Waals surface area contributed by atoms with Gasteiger partial charge in [-0.15, -0.1) is 11.8 Å². The summed E-state index contributed by atoms with van der Waals surface area (Å²) in [6.07, 6.45) is 3.41. The van der Waals surface area contributed by atoms with E-state index in [1.807, 2.05) is 6.20 Å². The van der Waals surface area contributed by atoms with Gasteiger partial charge < -0.3 is 15.2 Å². The zero-order valence-corrected chi connectivity index (χ0v) is 16.6. The second kappa shape index (κ2) is 7.46. The number of alkyl halides is 2. The first-order valence-corrected chi connectivity index (χ1v) is 9.19. The number of nitrogen functional groups attached to an aromatic ring is 1. The number of nitrogens with zero attached hydrogens (tertiary/aromatic N) is 2. The van der Waals surface area contributed by atoms with Gasteiger partial charge >= 0.3 is 6.61 Å². The number of hydrogen-bond acceptors (Lipinski definition) is 5. The summed E-state index contributed by atoms with van der Waals surface area (Å²) >= 11 is 1.61. The first kappa shape index (κ1) is 20.2. The fraction of sp³-hybridized carbons (Fsp3) is 0.316. The van der Waals surface area contributed by atoms with Gasteiger partial charge in [0, 0.05) is 22.6 Å². The van der Waals surface area contributed by atoms with Gasteiger partial charge in [-0.1, -0.05) is 20.8 Å². The average Bonchev–Trinajstić information content (AvgIpc) is 2.98. The lowest BCUT2D eigenvalue weighted by Crippen LogP contribution is -2.08. The minimum Gasteiger partial charge on any atom is -0.495 e. The van der Waals surface area contributed by atoms with Gasteiger partial charge in [0.25, 0.3) is 0 Å². The molecular formula is C19H20F3N3O2S. The zero-order chi connectivity index (χ0) is 20.6. The summed E-state index contributed by atoms with van der Waals surface area (Å²) in [6, 6.07) is 4.26. The summed E-state index contributed by atoms with van der Waals surface area (Å²) in [6.45, 7) is 3.07. The molecule has 0 fully saturated rings. The number of thioether (sulfide) groups is 1. The second-order valence-corrected chi connectivity index (χ2v) is 8.92. The Morgan fingerprint density at radius 2 is 1.93 bits per heavy atom. The molecule has 0 saturated carbocycles. The van der Waals surface area contributed by atoms with E-state index in [1.54, 1.807) is 35.5 Å². The number of nitrogens with two attached hydrogens (primary N) is 1. The summed E-state index contributed by atoms with van der Waals surface area (Å²) in [5, 5.41) is 0. The summed E-state index contributed by atoms with van der Waals surface area (Å²) < 4.78 is 50.5. The fourth-order valence-electron chi connectivity index (χ4n) is 2.74. The largest absolute Gasteiger partial charge is 0.495 e. The van der Waals surface area contributed by atoms with Crippen molar-refractivity contribution in [3.8, 4) is 22.8 Å². The van der Waals surface area contributed by atoms with Gasteiger partial charge in [-0.2, -0.15) is 8.78 Å². The molecule has 0 amide bonds. The molecule has 0 aliphatic carbocycles. The Kier molecular flexibility index (Phi) is 5.38. The van der Waals surface area contributed by atoms with Crippen molar-refractivity contribution in [2.24, 2.45) is 0 Å². The molecule has 0 unspecified atom stereocenters. The topological polar surface area (TPSA) is 61.8 Å². The van der Waals surface area contributed by atoms with Crippen molar-refractivity contribution >= 4 is 23.1 Å². The van der Waals surface area contributed by atoms with E-state index in [1.165, 1.54) is 6.07 Å². The second-order valence-electron chi connectivity index (χ2n) is 7.05. The molecule has 0 bridgehead atoms. The molecule has 0 aliphatic rings. The van der Waals surface area contributed by atoms with Crippen molar-refractivity contribution in [1.29, 1.82) is 0 Å². The van der Waals surface area contributed by atoms with Gasteiger partial charge in [-0.3, -0.25) is 4.40 Å². The highest BCUT2D eigenvalue weighted by Crippen LogP contribution is 2.40. The molecular weight excluding hydrogens is 391 g/mol. The molecule has 0 atom stereocenters. The number of fused-ring (bicyclic) bond motifs is 1. The molecule has 0 radical (unpaired) electrons. The van der Waals surface area contributed by atoms with Crippen LogP contribution in [0.3, 0.4) is 0 Å². The number of rotatable bonds is 5. The van der Waals surface area contributed by atoms with Gasteiger partial charge in [-0.05, 0) is 12.1 Å². The molecule has 2 aromatic heterocycles. The van der Waals surface area contributed by atoms with Crippen LogP contribution in [0.25, 0.3) is 16.9 Å². The van der Waals surface area contributed by atoms with E-state index in [9.17, 15) is 13.2 Å². The lowest BCUT2D eigenvalue weighted by atomic mass is 10.1. The monoisotopic (exact) mass is 411 g/mol. The number of hydrogen-bond donors (Lipinski definition) is 1. The van der Waals surface area contributed by atoms with E-state index in [-0.39, 0.29) is 10.4 Å². The number of anilines is 1. The molecule has 28 heavy (non-hydrogen) atoms. The van der Waals surface area contributed by atoms with Crippen LogP contribution in [0, 0.1) is 5.82 Å². The highest BCUT2D eigenvalue weighted by molar-refractivity contribution is 8.00. The number of halogens is 3. The number of benzene rings is 1. The van der Waals surface area contributed by atoms with Crippen LogP contribution < -0.4 is 15.2 Å². The highest BCUT2D eigenvalue weighted by Gasteiger charge is 2.20. The predicted octanol–water partition coefficient (Wildman–Crippen LogP) is 5.22. The first-order chi connectivity index (χ1) is 13.1. The van der Waals surface area contributed by atoms with Gasteiger partial charge in [0.05, 0.1) is 29.6 Å². The van der Waals surface area contributed by atoms with E-state index in [4.69, 9.17) is 10.5 Å². The minimum absolute atomic E-state index is 0.0630. The maximum Gasteiger partial charge on any atom is 0.387 e. The predicted molar refractivity (Wildman–Crippen MR) is 104 cm³/mol. The molecule has 2 N–H and O–H groups in total. The Balaban J connectivity index is 2.12. The van der Waals surface area contributed by atoms with E-state index in [2.05, 4.69) is 30.5 Å². The SMILES string of the molecule is COc1cc2ncc(-c3cc(N)c(OC(F)F)c(F)c3)n2cc1SC(C)(C)C. The van der Waals surface area contributed by atoms with E-state index < -0.39 is 18.2 Å². The van der Waals surface area contributed by atoms with Gasteiger partial charge in [0.2, 0.25) is 0 Å². The number of ether oxygens (including phenoxy) is 2. The van der Waals surface area contributed by atoms with Gasteiger partial charge in [0.15, 0.2) is 11.6 Å². The number of aromatic nitrogens is 2. The van der Waals surface area contributed by atoms with Crippen molar-refractivity contribution in [1.82, 2.24) is 9.38 Å². The third-order valence-corrected chi connectivity index (χ3v) is 4.92. The number of pyridine rings is 1. The molecule has 0 spiro atoms. The molecule has 2 heterocycles. The van der Waals surface area contributed by atoms with Gasteiger partial charge in [0.1, 0.15) is 11.4 Å². The highest BCUT2D eigenvalue weighted by atomic mass is 32.2. The van der Waals surface area contributed by atoms with E-state index in [0.29, 0.717) is 22.7 Å². The van der Waals surface area contributed by atoms with Crippen LogP contribution in [-0.2, 0) is 0 Å². The minimum atomic E-state index is -3.16. The van der Waals surface area contributed by atoms with Crippen molar-refractivity contribution in [2.45, 2.75) is 37.0 Å². The smallest absolute Gasteiger partial charge is 0.387 e. The Hall–Kier alpha value is -2.55. The van der Waals surface area contributed by atoms with Crippen LogP contribution in [0.2, 0.25) is 0 Å². The number of methoxy groups -OCH3 is 1. The van der Waals surface area contributed by atoms with Crippen molar-refractivity contribution in [2.75, 3.05) is 12.8 Å². The standard InChI is InChI=1S/C19H20F3N3O2S/c1-19(2,3)28-15-9-25-13(8-24-16(25)7-14(15)26-4)10-5-11(20)17(12(23)6-10)27-18(21)22/h5-9,18H,23H2,1-4H3.